The van der Waals surface area contributed by atoms with Crippen molar-refractivity contribution in [3.63, 3.8) is 0 Å². The number of ether oxygens (including phenoxy) is 3. The molecule has 1 aliphatic carbocycles. The molecule has 0 spiro atoms. The lowest BCUT2D eigenvalue weighted by molar-refractivity contribution is -0.158. The summed E-state index contributed by atoms with van der Waals surface area (Å²) in [6.07, 6.45) is 4.65. The monoisotopic (exact) mass is 423 g/mol. The molecule has 6 heteroatoms. The molecule has 0 radical (unpaired) electrons. The molecule has 29 heavy (non-hydrogen) atoms. The Bertz CT molecular complexity index is 661. The fourth-order valence-corrected chi connectivity index (χ4v) is 4.85. The zero-order chi connectivity index (χ0) is 20.9. The SMILES string of the molecule is CCOC(C)OC[C@@H]1CCCN(C(=O)C2(c3ccc(Cl)cc3)CCC2)[C@@H]1COC. The van der Waals surface area contributed by atoms with E-state index in [1.807, 2.05) is 38.1 Å². The van der Waals surface area contributed by atoms with Crippen LogP contribution < -0.4 is 0 Å². The van der Waals surface area contributed by atoms with Gasteiger partial charge in [-0.2, -0.15) is 0 Å². The maximum Gasteiger partial charge on any atom is 0.233 e. The van der Waals surface area contributed by atoms with Crippen molar-refractivity contribution in [1.82, 2.24) is 4.90 Å². The van der Waals surface area contributed by atoms with Crippen molar-refractivity contribution in [2.75, 3.05) is 33.5 Å². The average molecular weight is 424 g/mol. The molecule has 1 aliphatic heterocycles. The number of halogens is 1. The maximum absolute atomic E-state index is 13.8. The second-order valence-electron chi connectivity index (χ2n) is 8.22. The van der Waals surface area contributed by atoms with E-state index in [1.165, 1.54) is 0 Å². The number of methoxy groups -OCH3 is 1. The van der Waals surface area contributed by atoms with E-state index in [-0.39, 0.29) is 24.2 Å². The van der Waals surface area contributed by atoms with Gasteiger partial charge in [0.25, 0.3) is 0 Å². The van der Waals surface area contributed by atoms with Crippen LogP contribution in [0.5, 0.6) is 0 Å². The lowest BCUT2D eigenvalue weighted by Gasteiger charge is -2.49. The van der Waals surface area contributed by atoms with E-state index in [0.717, 1.165) is 44.2 Å². The van der Waals surface area contributed by atoms with Crippen LogP contribution in [-0.2, 0) is 24.4 Å². The number of benzene rings is 1. The highest BCUT2D eigenvalue weighted by Gasteiger charge is 2.50. The van der Waals surface area contributed by atoms with Gasteiger partial charge in [0.15, 0.2) is 6.29 Å². The van der Waals surface area contributed by atoms with Crippen molar-refractivity contribution >= 4 is 17.5 Å². The molecule has 3 atom stereocenters. The molecule has 1 saturated heterocycles. The molecule has 3 rings (SSSR count). The normalized spacial score (nSPS) is 24.8. The lowest BCUT2D eigenvalue weighted by Crippen LogP contribution is -2.59. The van der Waals surface area contributed by atoms with E-state index in [9.17, 15) is 4.79 Å². The van der Waals surface area contributed by atoms with Crippen LogP contribution in [-0.4, -0.2) is 56.6 Å². The van der Waals surface area contributed by atoms with Crippen LogP contribution in [0.1, 0.15) is 51.5 Å². The third-order valence-corrected chi connectivity index (χ3v) is 6.73. The third-order valence-electron chi connectivity index (χ3n) is 6.48. The number of hydrogen-bond acceptors (Lipinski definition) is 4. The molecule has 162 valence electrons. The van der Waals surface area contributed by atoms with Gasteiger partial charge in [0, 0.05) is 31.2 Å². The molecular formula is C23H34ClNO4. The van der Waals surface area contributed by atoms with Gasteiger partial charge < -0.3 is 19.1 Å². The molecule has 2 fully saturated rings. The predicted molar refractivity (Wildman–Crippen MR) is 114 cm³/mol. The van der Waals surface area contributed by atoms with Crippen LogP contribution in [0.3, 0.4) is 0 Å². The maximum atomic E-state index is 13.8. The Kier molecular flexibility index (Phi) is 7.97. The second-order valence-corrected chi connectivity index (χ2v) is 8.66. The molecule has 0 bridgehead atoms. The van der Waals surface area contributed by atoms with Crippen molar-refractivity contribution < 1.29 is 19.0 Å². The van der Waals surface area contributed by atoms with Gasteiger partial charge in [-0.3, -0.25) is 4.79 Å². The standard InChI is InChI=1S/C23H34ClNO4/c1-4-28-17(2)29-15-18-7-5-14-25(21(18)16-27-3)22(26)23(12-6-13-23)19-8-10-20(24)11-9-19/h8-11,17-18,21H,4-7,12-16H2,1-3H3/t17?,18-,21+/m0/s1. The topological polar surface area (TPSA) is 48.0 Å². The minimum atomic E-state index is -0.419. The Balaban J connectivity index is 1.77. The molecule has 1 aromatic rings. The number of carbonyl (C=O) groups excluding carboxylic acids is 1. The number of likely N-dealkylation sites (tertiary alicyclic amines) is 1. The van der Waals surface area contributed by atoms with Crippen LogP contribution in [0.4, 0.5) is 0 Å². The quantitative estimate of drug-likeness (QED) is 0.552. The fourth-order valence-electron chi connectivity index (χ4n) is 4.72. The van der Waals surface area contributed by atoms with E-state index in [4.69, 9.17) is 25.8 Å². The third kappa shape index (κ3) is 4.96. The molecule has 1 aromatic carbocycles. The summed E-state index contributed by atoms with van der Waals surface area (Å²) in [6.45, 7) is 6.39. The summed E-state index contributed by atoms with van der Waals surface area (Å²) >= 11 is 6.08. The Labute approximate surface area is 179 Å². The number of carbonyl (C=O) groups is 1. The largest absolute Gasteiger partial charge is 0.383 e. The summed E-state index contributed by atoms with van der Waals surface area (Å²) in [5, 5.41) is 0.700. The van der Waals surface area contributed by atoms with E-state index in [2.05, 4.69) is 4.90 Å². The number of hydrogen-bond donors (Lipinski definition) is 0. The fraction of sp³-hybridized carbons (Fsp3) is 0.696. The molecule has 1 amide bonds. The van der Waals surface area contributed by atoms with Crippen molar-refractivity contribution in [2.24, 2.45) is 5.92 Å². The highest BCUT2D eigenvalue weighted by molar-refractivity contribution is 6.30. The molecule has 1 saturated carbocycles. The van der Waals surface area contributed by atoms with Crippen LogP contribution in [0.2, 0.25) is 5.02 Å². The average Bonchev–Trinajstić information content (AvgIpc) is 2.68. The van der Waals surface area contributed by atoms with Crippen LogP contribution in [0, 0.1) is 5.92 Å². The van der Waals surface area contributed by atoms with Crippen molar-refractivity contribution in [2.45, 2.75) is 63.7 Å². The first-order chi connectivity index (χ1) is 14.0. The number of piperidine rings is 1. The van der Waals surface area contributed by atoms with Crippen LogP contribution >= 0.6 is 11.6 Å². The van der Waals surface area contributed by atoms with Gasteiger partial charge in [0.05, 0.1) is 24.7 Å². The summed E-state index contributed by atoms with van der Waals surface area (Å²) in [5.41, 5.74) is 0.662. The minimum absolute atomic E-state index is 0.0276. The smallest absolute Gasteiger partial charge is 0.233 e. The van der Waals surface area contributed by atoms with Gasteiger partial charge in [0.1, 0.15) is 0 Å². The first kappa shape index (κ1) is 22.5. The summed E-state index contributed by atoms with van der Waals surface area (Å²) in [6, 6.07) is 7.83. The highest BCUT2D eigenvalue weighted by atomic mass is 35.5. The van der Waals surface area contributed by atoms with Gasteiger partial charge in [-0.05, 0) is 57.2 Å². The Morgan fingerprint density at radius 2 is 1.93 bits per heavy atom. The van der Waals surface area contributed by atoms with E-state index in [0.29, 0.717) is 24.8 Å². The highest BCUT2D eigenvalue weighted by Crippen LogP contribution is 2.46. The molecule has 0 N–H and O–H groups in total. The Morgan fingerprint density at radius 3 is 2.52 bits per heavy atom. The minimum Gasteiger partial charge on any atom is -0.383 e. The first-order valence-corrected chi connectivity index (χ1v) is 11.2. The van der Waals surface area contributed by atoms with Gasteiger partial charge in [-0.15, -0.1) is 0 Å². The van der Waals surface area contributed by atoms with Gasteiger partial charge in [-0.1, -0.05) is 30.2 Å². The summed E-state index contributed by atoms with van der Waals surface area (Å²) in [4.78, 5) is 15.9. The Morgan fingerprint density at radius 1 is 1.21 bits per heavy atom. The first-order valence-electron chi connectivity index (χ1n) is 10.8. The zero-order valence-electron chi connectivity index (χ0n) is 17.9. The number of nitrogens with zero attached hydrogens (tertiary/aromatic N) is 1. The molecule has 1 heterocycles. The number of rotatable bonds is 9. The number of amides is 1. The van der Waals surface area contributed by atoms with Gasteiger partial charge >= 0.3 is 0 Å². The second kappa shape index (κ2) is 10.3. The van der Waals surface area contributed by atoms with E-state index >= 15 is 0 Å². The van der Waals surface area contributed by atoms with Gasteiger partial charge in [-0.25, -0.2) is 0 Å². The van der Waals surface area contributed by atoms with Crippen molar-refractivity contribution in [1.29, 1.82) is 0 Å². The van der Waals surface area contributed by atoms with Crippen LogP contribution in [0.25, 0.3) is 0 Å². The lowest BCUT2D eigenvalue weighted by atomic mass is 9.63. The van der Waals surface area contributed by atoms with Crippen LogP contribution in [0.15, 0.2) is 24.3 Å². The molecule has 5 nitrogen and oxygen atoms in total. The van der Waals surface area contributed by atoms with E-state index in [1.54, 1.807) is 7.11 Å². The van der Waals surface area contributed by atoms with Crippen molar-refractivity contribution in [3.05, 3.63) is 34.9 Å². The van der Waals surface area contributed by atoms with Crippen molar-refractivity contribution in [3.8, 4) is 0 Å². The Hall–Kier alpha value is -1.14. The predicted octanol–water partition coefficient (Wildman–Crippen LogP) is 4.41. The summed E-state index contributed by atoms with van der Waals surface area (Å²) < 4.78 is 17.0. The summed E-state index contributed by atoms with van der Waals surface area (Å²) in [5.74, 6) is 0.480. The van der Waals surface area contributed by atoms with Gasteiger partial charge in [0.2, 0.25) is 5.91 Å². The summed E-state index contributed by atoms with van der Waals surface area (Å²) in [7, 11) is 1.70. The molecule has 1 unspecified atom stereocenters. The molecule has 2 aliphatic rings. The van der Waals surface area contributed by atoms with E-state index < -0.39 is 5.41 Å². The molecule has 0 aromatic heterocycles. The molecular weight excluding hydrogens is 390 g/mol. The zero-order valence-corrected chi connectivity index (χ0v) is 18.6.